The minimum absolute atomic E-state index is 0.238. The molecule has 3 rings (SSSR count). The van der Waals surface area contributed by atoms with E-state index in [1.165, 1.54) is 7.11 Å². The Morgan fingerprint density at radius 2 is 1.89 bits per heavy atom. The molecule has 0 saturated carbocycles. The summed E-state index contributed by atoms with van der Waals surface area (Å²) in [5.74, 6) is -0.193. The highest BCUT2D eigenvalue weighted by Crippen LogP contribution is 2.39. The van der Waals surface area contributed by atoms with Crippen molar-refractivity contribution in [2.45, 2.75) is 6.92 Å². The molecule has 0 aliphatic rings. The number of carbonyl (C=O) groups is 2. The fourth-order valence-electron chi connectivity index (χ4n) is 2.60. The number of methoxy groups -OCH3 is 1. The van der Waals surface area contributed by atoms with E-state index in [1.807, 2.05) is 30.3 Å². The van der Waals surface area contributed by atoms with Gasteiger partial charge in [-0.05, 0) is 35.0 Å². The molecule has 7 heteroatoms. The topological polar surface area (TPSA) is 75.0 Å². The number of halogens is 1. The highest BCUT2D eigenvalue weighted by molar-refractivity contribution is 9.10. The lowest BCUT2D eigenvalue weighted by molar-refractivity contribution is -0.142. The molecule has 0 atom stereocenters. The molecular formula is C20H17BrO6. The second-order valence-electron chi connectivity index (χ2n) is 5.54. The van der Waals surface area contributed by atoms with Gasteiger partial charge >= 0.3 is 11.9 Å². The number of esters is 2. The Bertz CT molecular complexity index is 977. The van der Waals surface area contributed by atoms with E-state index in [1.54, 1.807) is 19.1 Å². The molecule has 0 amide bonds. The van der Waals surface area contributed by atoms with Gasteiger partial charge < -0.3 is 18.6 Å². The van der Waals surface area contributed by atoms with E-state index in [9.17, 15) is 9.59 Å². The number of hydrogen-bond acceptors (Lipinski definition) is 6. The van der Waals surface area contributed by atoms with E-state index in [-0.39, 0.29) is 13.2 Å². The molecule has 0 radical (unpaired) electrons. The first-order chi connectivity index (χ1) is 13.0. The van der Waals surface area contributed by atoms with Gasteiger partial charge in [0.1, 0.15) is 22.7 Å². The van der Waals surface area contributed by atoms with Gasteiger partial charge in [0.2, 0.25) is 0 Å². The smallest absolute Gasteiger partial charge is 0.343 e. The summed E-state index contributed by atoms with van der Waals surface area (Å²) in [6, 6.07) is 12.6. The minimum atomic E-state index is -0.509. The Morgan fingerprint density at radius 1 is 1.15 bits per heavy atom. The highest BCUT2D eigenvalue weighted by atomic mass is 79.9. The molecule has 0 aliphatic heterocycles. The summed E-state index contributed by atoms with van der Waals surface area (Å²) in [6.45, 7) is 1.73. The normalized spacial score (nSPS) is 10.6. The van der Waals surface area contributed by atoms with Crippen LogP contribution >= 0.6 is 15.9 Å². The maximum absolute atomic E-state index is 12.6. The lowest BCUT2D eigenvalue weighted by atomic mass is 10.1. The van der Waals surface area contributed by atoms with Crippen LogP contribution in [0.4, 0.5) is 0 Å². The summed E-state index contributed by atoms with van der Waals surface area (Å²) in [4.78, 5) is 24.0. The number of benzene rings is 2. The van der Waals surface area contributed by atoms with Crippen LogP contribution < -0.4 is 4.74 Å². The molecule has 1 aromatic heterocycles. The third-order valence-corrected chi connectivity index (χ3v) is 4.45. The van der Waals surface area contributed by atoms with Gasteiger partial charge in [-0.15, -0.1) is 0 Å². The van der Waals surface area contributed by atoms with Gasteiger partial charge in [-0.25, -0.2) is 9.59 Å². The zero-order chi connectivity index (χ0) is 19.4. The minimum Gasteiger partial charge on any atom is -0.481 e. The molecule has 0 N–H and O–H groups in total. The first kappa shape index (κ1) is 19.0. The Balaban J connectivity index is 2.14. The van der Waals surface area contributed by atoms with Gasteiger partial charge in [-0.2, -0.15) is 0 Å². The van der Waals surface area contributed by atoms with Crippen molar-refractivity contribution in [2.75, 3.05) is 20.3 Å². The zero-order valence-electron chi connectivity index (χ0n) is 14.8. The van der Waals surface area contributed by atoms with Crippen molar-refractivity contribution in [3.8, 4) is 17.1 Å². The van der Waals surface area contributed by atoms with Crippen molar-refractivity contribution in [3.63, 3.8) is 0 Å². The number of fused-ring (bicyclic) bond motifs is 1. The molecule has 0 spiro atoms. The van der Waals surface area contributed by atoms with Crippen LogP contribution in [-0.2, 0) is 14.3 Å². The monoisotopic (exact) mass is 432 g/mol. The Morgan fingerprint density at radius 3 is 2.56 bits per heavy atom. The van der Waals surface area contributed by atoms with Gasteiger partial charge in [-0.1, -0.05) is 30.3 Å². The number of hydrogen-bond donors (Lipinski definition) is 0. The van der Waals surface area contributed by atoms with Crippen LogP contribution in [0.25, 0.3) is 22.3 Å². The summed E-state index contributed by atoms with van der Waals surface area (Å²) < 4.78 is 21.8. The van der Waals surface area contributed by atoms with E-state index in [0.717, 1.165) is 5.56 Å². The van der Waals surface area contributed by atoms with Crippen molar-refractivity contribution < 1.29 is 28.2 Å². The Hall–Kier alpha value is -2.80. The van der Waals surface area contributed by atoms with Crippen molar-refractivity contribution >= 4 is 38.8 Å². The van der Waals surface area contributed by atoms with Crippen LogP contribution in [-0.4, -0.2) is 32.3 Å². The molecule has 27 heavy (non-hydrogen) atoms. The number of furan rings is 1. The summed E-state index contributed by atoms with van der Waals surface area (Å²) in [5, 5.41) is 0.537. The van der Waals surface area contributed by atoms with E-state index >= 15 is 0 Å². The average Bonchev–Trinajstić information content (AvgIpc) is 3.04. The number of carbonyl (C=O) groups excluding carboxylic acids is 2. The standard InChI is InChI=1S/C20H17BrO6/c1-3-25-20(23)18-13-9-16(26-11-17(22)24-2)14(21)10-15(13)27-19(18)12-7-5-4-6-8-12/h4-10H,3,11H2,1-2H3. The first-order valence-corrected chi connectivity index (χ1v) is 9.02. The molecule has 3 aromatic rings. The molecule has 0 bridgehead atoms. The zero-order valence-corrected chi connectivity index (χ0v) is 16.4. The SMILES string of the molecule is CCOC(=O)c1c(-c2ccccc2)oc2cc(Br)c(OCC(=O)OC)cc12. The van der Waals surface area contributed by atoms with E-state index in [2.05, 4.69) is 20.7 Å². The number of rotatable bonds is 6. The quantitative estimate of drug-likeness (QED) is 0.530. The van der Waals surface area contributed by atoms with Crippen LogP contribution in [0.15, 0.2) is 51.4 Å². The van der Waals surface area contributed by atoms with E-state index in [4.69, 9.17) is 13.9 Å². The van der Waals surface area contributed by atoms with Crippen LogP contribution in [0.5, 0.6) is 5.75 Å². The van der Waals surface area contributed by atoms with Gasteiger partial charge in [0.05, 0.1) is 18.2 Å². The summed E-state index contributed by atoms with van der Waals surface area (Å²) in [6.07, 6.45) is 0. The molecule has 140 valence electrons. The fourth-order valence-corrected chi connectivity index (χ4v) is 3.04. The second kappa shape index (κ2) is 8.26. The lowest BCUT2D eigenvalue weighted by Crippen LogP contribution is -2.12. The van der Waals surface area contributed by atoms with Crippen molar-refractivity contribution in [1.29, 1.82) is 0 Å². The lowest BCUT2D eigenvalue weighted by Gasteiger charge is -2.07. The number of ether oxygens (including phenoxy) is 3. The van der Waals surface area contributed by atoms with Gasteiger partial charge in [0.15, 0.2) is 6.61 Å². The first-order valence-electron chi connectivity index (χ1n) is 8.23. The molecule has 0 aliphatic carbocycles. The molecule has 2 aromatic carbocycles. The summed E-state index contributed by atoms with van der Waals surface area (Å²) in [5.41, 5.74) is 1.56. The van der Waals surface area contributed by atoms with Crippen LogP contribution in [0.2, 0.25) is 0 Å². The molecule has 0 fully saturated rings. The third-order valence-electron chi connectivity index (χ3n) is 3.83. The van der Waals surface area contributed by atoms with E-state index < -0.39 is 11.9 Å². The molecule has 0 unspecified atom stereocenters. The van der Waals surface area contributed by atoms with Crippen molar-refractivity contribution in [3.05, 3.63) is 52.5 Å². The van der Waals surface area contributed by atoms with Gasteiger partial charge in [0, 0.05) is 10.9 Å². The summed E-state index contributed by atoms with van der Waals surface area (Å²) in [7, 11) is 1.28. The van der Waals surface area contributed by atoms with Gasteiger partial charge in [0.25, 0.3) is 0 Å². The molecule has 1 heterocycles. The highest BCUT2D eigenvalue weighted by Gasteiger charge is 2.24. The predicted octanol–water partition coefficient (Wildman–Crippen LogP) is 4.59. The van der Waals surface area contributed by atoms with Crippen LogP contribution in [0.3, 0.4) is 0 Å². The maximum atomic E-state index is 12.6. The largest absolute Gasteiger partial charge is 0.481 e. The van der Waals surface area contributed by atoms with Crippen molar-refractivity contribution in [2.24, 2.45) is 0 Å². The summed E-state index contributed by atoms with van der Waals surface area (Å²) >= 11 is 3.39. The third kappa shape index (κ3) is 3.98. The van der Waals surface area contributed by atoms with Crippen molar-refractivity contribution in [1.82, 2.24) is 0 Å². The maximum Gasteiger partial charge on any atom is 0.343 e. The molecular weight excluding hydrogens is 416 g/mol. The Labute approximate surface area is 164 Å². The predicted molar refractivity (Wildman–Crippen MR) is 103 cm³/mol. The second-order valence-corrected chi connectivity index (χ2v) is 6.39. The Kier molecular flexibility index (Phi) is 5.81. The van der Waals surface area contributed by atoms with Crippen LogP contribution in [0, 0.1) is 0 Å². The van der Waals surface area contributed by atoms with E-state index in [0.29, 0.717) is 32.5 Å². The molecule has 0 saturated heterocycles. The molecule has 6 nitrogen and oxygen atoms in total. The fraction of sp³-hybridized carbons (Fsp3) is 0.200. The van der Waals surface area contributed by atoms with Crippen LogP contribution in [0.1, 0.15) is 17.3 Å². The van der Waals surface area contributed by atoms with Gasteiger partial charge in [-0.3, -0.25) is 0 Å². The average molecular weight is 433 g/mol.